The van der Waals surface area contributed by atoms with Crippen LogP contribution in [0, 0.1) is 0 Å². The van der Waals surface area contributed by atoms with Gasteiger partial charge in [0.25, 0.3) is 0 Å². The number of aromatic nitrogens is 4. The van der Waals surface area contributed by atoms with Gasteiger partial charge in [0, 0.05) is 43.0 Å². The molecule has 0 aliphatic heterocycles. The minimum atomic E-state index is -1.56. The van der Waals surface area contributed by atoms with Gasteiger partial charge in [-0.2, -0.15) is 0 Å². The molecule has 14 heteroatoms. The molecule has 9 N–H and O–H groups in total. The molecule has 1 aromatic carbocycles. The van der Waals surface area contributed by atoms with Crippen molar-refractivity contribution in [1.82, 2.24) is 35.9 Å². The average Bonchev–Trinajstić information content (AvgIpc) is 3.61. The number of aliphatic hydroxyl groups is 1. The number of nitrogens with zero attached hydrogens (tertiary/aromatic N) is 2. The molecule has 3 amide bonds. The number of hydrogen-bond acceptors (Lipinski definition) is 8. The number of carboxylic acids is 1. The van der Waals surface area contributed by atoms with Crippen LogP contribution in [0.15, 0.2) is 55.4 Å². The van der Waals surface area contributed by atoms with E-state index >= 15 is 0 Å². The first-order valence-corrected chi connectivity index (χ1v) is 11.8. The molecule has 0 fully saturated rings. The highest BCUT2D eigenvalue weighted by Crippen LogP contribution is 2.07. The third-order valence-corrected chi connectivity index (χ3v) is 5.66. The first kappa shape index (κ1) is 28.0. The fourth-order valence-corrected chi connectivity index (χ4v) is 3.62. The Morgan fingerprint density at radius 2 is 1.32 bits per heavy atom. The second-order valence-corrected chi connectivity index (χ2v) is 8.56. The fourth-order valence-electron chi connectivity index (χ4n) is 3.62. The summed E-state index contributed by atoms with van der Waals surface area (Å²) in [6.07, 6.45) is 6.10. The maximum absolute atomic E-state index is 13.4. The monoisotopic (exact) mass is 526 g/mol. The Morgan fingerprint density at radius 1 is 0.789 bits per heavy atom. The van der Waals surface area contributed by atoms with E-state index in [4.69, 9.17) is 5.73 Å². The molecule has 0 saturated carbocycles. The molecule has 0 aliphatic carbocycles. The molecule has 2 aromatic heterocycles. The lowest BCUT2D eigenvalue weighted by molar-refractivity contribution is -0.143. The molecule has 14 nitrogen and oxygen atoms in total. The van der Waals surface area contributed by atoms with E-state index in [0.29, 0.717) is 17.0 Å². The van der Waals surface area contributed by atoms with Crippen LogP contribution in [0.2, 0.25) is 0 Å². The zero-order chi connectivity index (χ0) is 27.5. The van der Waals surface area contributed by atoms with Crippen molar-refractivity contribution < 1.29 is 29.4 Å². The van der Waals surface area contributed by atoms with Crippen molar-refractivity contribution in [1.29, 1.82) is 0 Å². The predicted molar refractivity (Wildman–Crippen MR) is 133 cm³/mol. The number of aliphatic hydroxyl groups excluding tert-OH is 1. The molecular formula is C24H30N8O6. The van der Waals surface area contributed by atoms with Crippen molar-refractivity contribution in [2.24, 2.45) is 5.73 Å². The minimum absolute atomic E-state index is 0.0163. The number of amides is 3. The van der Waals surface area contributed by atoms with E-state index in [2.05, 4.69) is 35.9 Å². The van der Waals surface area contributed by atoms with Crippen LogP contribution in [-0.4, -0.2) is 84.6 Å². The number of hydrogen-bond donors (Lipinski definition) is 8. The summed E-state index contributed by atoms with van der Waals surface area (Å²) < 4.78 is 0. The topological polar surface area (TPSA) is 228 Å². The number of carboxylic acid groups (broad SMARTS) is 1. The summed E-state index contributed by atoms with van der Waals surface area (Å²) >= 11 is 0. The van der Waals surface area contributed by atoms with Crippen molar-refractivity contribution in [2.45, 2.75) is 43.4 Å². The molecule has 3 aromatic rings. The molecular weight excluding hydrogens is 496 g/mol. The van der Waals surface area contributed by atoms with Gasteiger partial charge in [0.1, 0.15) is 18.1 Å². The summed E-state index contributed by atoms with van der Waals surface area (Å²) in [4.78, 5) is 64.0. The average molecular weight is 527 g/mol. The van der Waals surface area contributed by atoms with E-state index in [-0.39, 0.29) is 19.3 Å². The number of H-pyrrole nitrogens is 2. The first-order valence-electron chi connectivity index (χ1n) is 11.8. The van der Waals surface area contributed by atoms with Gasteiger partial charge in [-0.1, -0.05) is 30.3 Å². The quantitative estimate of drug-likeness (QED) is 0.116. The highest BCUT2D eigenvalue weighted by atomic mass is 16.4. The van der Waals surface area contributed by atoms with Crippen LogP contribution in [0.1, 0.15) is 17.0 Å². The van der Waals surface area contributed by atoms with E-state index in [1.807, 2.05) is 0 Å². The van der Waals surface area contributed by atoms with Crippen LogP contribution in [-0.2, 0) is 38.4 Å². The maximum Gasteiger partial charge on any atom is 0.328 e. The number of aromatic amines is 2. The van der Waals surface area contributed by atoms with Gasteiger partial charge in [0.05, 0.1) is 25.3 Å². The smallest absolute Gasteiger partial charge is 0.328 e. The van der Waals surface area contributed by atoms with Crippen LogP contribution in [0.25, 0.3) is 0 Å². The van der Waals surface area contributed by atoms with Crippen molar-refractivity contribution >= 4 is 23.7 Å². The zero-order valence-electron chi connectivity index (χ0n) is 20.3. The highest BCUT2D eigenvalue weighted by Gasteiger charge is 2.31. The molecule has 0 spiro atoms. The molecule has 4 unspecified atom stereocenters. The summed E-state index contributed by atoms with van der Waals surface area (Å²) in [5, 5.41) is 26.0. The Morgan fingerprint density at radius 3 is 1.84 bits per heavy atom. The Balaban J connectivity index is 1.77. The van der Waals surface area contributed by atoms with E-state index in [9.17, 15) is 29.4 Å². The normalized spacial score (nSPS) is 14.1. The third kappa shape index (κ3) is 8.25. The Bertz CT molecular complexity index is 1190. The van der Waals surface area contributed by atoms with Crippen molar-refractivity contribution in [3.63, 3.8) is 0 Å². The zero-order valence-corrected chi connectivity index (χ0v) is 20.3. The van der Waals surface area contributed by atoms with E-state index in [0.717, 1.165) is 0 Å². The van der Waals surface area contributed by atoms with Gasteiger partial charge >= 0.3 is 5.97 Å². The summed E-state index contributed by atoms with van der Waals surface area (Å²) in [7, 11) is 0. The maximum atomic E-state index is 13.4. The van der Waals surface area contributed by atoms with Gasteiger partial charge in [-0.25, -0.2) is 14.8 Å². The third-order valence-electron chi connectivity index (χ3n) is 5.66. The summed E-state index contributed by atoms with van der Waals surface area (Å²) in [5.41, 5.74) is 7.90. The Hall–Kier alpha value is -4.56. The SMILES string of the molecule is NC(Cc1cnc[nH]1)C(=O)NC(Cc1cnc[nH]1)C(=O)NC(Cc1ccccc1)C(=O)NC(CO)C(=O)O. The number of nitrogens with two attached hydrogens (primary N) is 1. The number of imidazole rings is 2. The van der Waals surface area contributed by atoms with Crippen molar-refractivity contribution in [3.05, 3.63) is 72.3 Å². The van der Waals surface area contributed by atoms with E-state index in [1.165, 1.54) is 25.0 Å². The Labute approximate surface area is 217 Å². The van der Waals surface area contributed by atoms with Crippen LogP contribution >= 0.6 is 0 Å². The molecule has 2 heterocycles. The number of nitrogens with one attached hydrogen (secondary N) is 5. The second-order valence-electron chi connectivity index (χ2n) is 8.56. The van der Waals surface area contributed by atoms with Crippen molar-refractivity contribution in [2.75, 3.05) is 6.61 Å². The molecule has 38 heavy (non-hydrogen) atoms. The number of aliphatic carboxylic acids is 1. The Kier molecular flexibility index (Phi) is 10.1. The van der Waals surface area contributed by atoms with E-state index < -0.39 is 54.5 Å². The second kappa shape index (κ2) is 13.7. The first-order chi connectivity index (χ1) is 18.3. The number of benzene rings is 1. The molecule has 0 bridgehead atoms. The molecule has 0 radical (unpaired) electrons. The van der Waals surface area contributed by atoms with Gasteiger partial charge < -0.3 is 41.9 Å². The summed E-state index contributed by atoms with van der Waals surface area (Å²) in [5.74, 6) is -3.55. The lowest BCUT2D eigenvalue weighted by Crippen LogP contribution is -2.58. The predicted octanol–water partition coefficient (Wildman–Crippen LogP) is -1.98. The number of carbonyl (C=O) groups excluding carboxylic acids is 3. The lowest BCUT2D eigenvalue weighted by atomic mass is 10.0. The van der Waals surface area contributed by atoms with Crippen LogP contribution < -0.4 is 21.7 Å². The molecule has 0 saturated heterocycles. The van der Waals surface area contributed by atoms with E-state index in [1.54, 1.807) is 30.3 Å². The molecule has 3 rings (SSSR count). The van der Waals surface area contributed by atoms with Crippen molar-refractivity contribution in [3.8, 4) is 0 Å². The molecule has 202 valence electrons. The summed E-state index contributed by atoms with van der Waals surface area (Å²) in [6.45, 7) is -0.834. The highest BCUT2D eigenvalue weighted by molar-refractivity contribution is 5.94. The largest absolute Gasteiger partial charge is 0.480 e. The summed E-state index contributed by atoms with van der Waals surface area (Å²) in [6, 6.07) is 3.87. The van der Waals surface area contributed by atoms with Gasteiger partial charge in [-0.05, 0) is 5.56 Å². The fraction of sp³-hybridized carbons (Fsp3) is 0.333. The number of carbonyl (C=O) groups is 4. The molecule has 4 atom stereocenters. The number of rotatable bonds is 14. The van der Waals surface area contributed by atoms with Gasteiger partial charge in [-0.15, -0.1) is 0 Å². The lowest BCUT2D eigenvalue weighted by Gasteiger charge is -2.25. The van der Waals surface area contributed by atoms with Gasteiger partial charge in [0.15, 0.2) is 0 Å². The standard InChI is InChI=1S/C24H30N8O6/c25-17(7-15-9-26-12-28-15)21(34)30-19(8-16-10-27-13-29-16)23(36)31-18(6-14-4-2-1-3-5-14)22(35)32-20(11-33)24(37)38/h1-5,9-10,12-13,17-20,33H,6-8,11,25H2,(H,26,28)(H,27,29)(H,30,34)(H,31,36)(H,32,35)(H,37,38). The van der Waals surface area contributed by atoms with Crippen LogP contribution in [0.5, 0.6) is 0 Å². The van der Waals surface area contributed by atoms with Crippen LogP contribution in [0.3, 0.4) is 0 Å². The molecule has 0 aliphatic rings. The minimum Gasteiger partial charge on any atom is -0.480 e. The van der Waals surface area contributed by atoms with Gasteiger partial charge in [0.2, 0.25) is 17.7 Å². The van der Waals surface area contributed by atoms with Crippen LogP contribution in [0.4, 0.5) is 0 Å². The van der Waals surface area contributed by atoms with Gasteiger partial charge in [-0.3, -0.25) is 14.4 Å².